The van der Waals surface area contributed by atoms with E-state index in [2.05, 4.69) is 9.72 Å². The van der Waals surface area contributed by atoms with Crippen LogP contribution in [0.4, 0.5) is 13.2 Å². The molecule has 0 aliphatic carbocycles. The van der Waals surface area contributed by atoms with Crippen LogP contribution in [0, 0.1) is 5.82 Å². The molecule has 0 bridgehead atoms. The minimum absolute atomic E-state index is 0.0569. The lowest BCUT2D eigenvalue weighted by Gasteiger charge is -2.21. The van der Waals surface area contributed by atoms with Crippen molar-refractivity contribution in [1.29, 1.82) is 0 Å². The van der Waals surface area contributed by atoms with Crippen molar-refractivity contribution in [3.05, 3.63) is 63.0 Å². The molecule has 0 radical (unpaired) electrons. The minimum atomic E-state index is -3.21. The van der Waals surface area contributed by atoms with Gasteiger partial charge in [0.1, 0.15) is 22.8 Å². The van der Waals surface area contributed by atoms with E-state index in [-0.39, 0.29) is 34.4 Å². The Morgan fingerprint density at radius 3 is 2.48 bits per heavy atom. The summed E-state index contributed by atoms with van der Waals surface area (Å²) in [4.78, 5) is 16.2. The number of fused-ring (bicyclic) bond motifs is 1. The molecule has 0 saturated carbocycles. The molecule has 1 heterocycles. The molecule has 5 nitrogen and oxygen atoms in total. The lowest BCUT2D eigenvalue weighted by molar-refractivity contribution is -0.147. The summed E-state index contributed by atoms with van der Waals surface area (Å²) < 4.78 is 56.9. The maximum atomic E-state index is 14.7. The monoisotopic (exact) mass is 501 g/mol. The molecular weight excluding hydrogens is 482 g/mol. The van der Waals surface area contributed by atoms with E-state index in [1.807, 2.05) is 0 Å². The lowest BCUT2D eigenvalue weighted by atomic mass is 9.98. The molecule has 0 N–H and O–H groups in total. The van der Waals surface area contributed by atoms with Crippen molar-refractivity contribution in [2.45, 2.75) is 39.4 Å². The fraction of sp³-hybridized carbons (Fsp3) is 0.304. The van der Waals surface area contributed by atoms with E-state index < -0.39 is 24.5 Å². The van der Waals surface area contributed by atoms with Crippen LogP contribution in [0.25, 0.3) is 10.9 Å². The SMILES string of the molecule is CCc1nc2c(F)ccc(OC(C)C(=O)OC)c2c(OC(F)F)c1Cc1ccc(Cl)cc1Cl. The maximum Gasteiger partial charge on any atom is 0.387 e. The molecule has 3 rings (SSSR count). The molecule has 33 heavy (non-hydrogen) atoms. The third-order valence-electron chi connectivity index (χ3n) is 4.95. The number of esters is 1. The first-order valence-corrected chi connectivity index (χ1v) is 10.7. The third kappa shape index (κ3) is 5.45. The van der Waals surface area contributed by atoms with Crippen molar-refractivity contribution >= 4 is 40.1 Å². The van der Waals surface area contributed by atoms with Crippen LogP contribution in [0.1, 0.15) is 30.7 Å². The van der Waals surface area contributed by atoms with E-state index in [1.165, 1.54) is 26.2 Å². The van der Waals surface area contributed by atoms with Crippen LogP contribution in [0.3, 0.4) is 0 Å². The fourth-order valence-electron chi connectivity index (χ4n) is 3.41. The predicted molar refractivity (Wildman–Crippen MR) is 119 cm³/mol. The average Bonchev–Trinajstić information content (AvgIpc) is 2.77. The van der Waals surface area contributed by atoms with Gasteiger partial charge in [0, 0.05) is 27.7 Å². The number of halogens is 5. The number of hydrogen-bond acceptors (Lipinski definition) is 5. The molecule has 0 aliphatic rings. The van der Waals surface area contributed by atoms with Crippen LogP contribution in [-0.2, 0) is 22.4 Å². The Labute approximate surface area is 198 Å². The molecular formula is C23H20Cl2F3NO4. The van der Waals surface area contributed by atoms with Gasteiger partial charge >= 0.3 is 12.6 Å². The summed E-state index contributed by atoms with van der Waals surface area (Å²) in [5.41, 5.74) is 0.998. The normalized spacial score (nSPS) is 12.2. The number of carbonyl (C=O) groups excluding carboxylic acids is 1. The summed E-state index contributed by atoms with van der Waals surface area (Å²) in [7, 11) is 1.18. The first-order valence-electron chi connectivity index (χ1n) is 9.93. The van der Waals surface area contributed by atoms with Gasteiger partial charge in [0.2, 0.25) is 0 Å². The van der Waals surface area contributed by atoms with E-state index in [4.69, 9.17) is 32.7 Å². The number of carbonyl (C=O) groups is 1. The first-order chi connectivity index (χ1) is 15.7. The number of benzene rings is 2. The highest BCUT2D eigenvalue weighted by molar-refractivity contribution is 6.35. The van der Waals surface area contributed by atoms with Crippen molar-refractivity contribution in [3.63, 3.8) is 0 Å². The van der Waals surface area contributed by atoms with Crippen LogP contribution < -0.4 is 9.47 Å². The van der Waals surface area contributed by atoms with Gasteiger partial charge in [0.25, 0.3) is 0 Å². The van der Waals surface area contributed by atoms with Gasteiger partial charge in [-0.15, -0.1) is 0 Å². The number of rotatable bonds is 8. The van der Waals surface area contributed by atoms with Crippen LogP contribution in [0.2, 0.25) is 10.0 Å². The number of ether oxygens (including phenoxy) is 3. The largest absolute Gasteiger partial charge is 0.478 e. The summed E-state index contributed by atoms with van der Waals surface area (Å²) in [6, 6.07) is 7.10. The van der Waals surface area contributed by atoms with Crippen molar-refractivity contribution in [2.75, 3.05) is 7.11 Å². The number of methoxy groups -OCH3 is 1. The fourth-order valence-corrected chi connectivity index (χ4v) is 3.89. The van der Waals surface area contributed by atoms with Crippen molar-refractivity contribution in [3.8, 4) is 11.5 Å². The zero-order valence-electron chi connectivity index (χ0n) is 17.9. The van der Waals surface area contributed by atoms with Crippen molar-refractivity contribution in [1.82, 2.24) is 4.98 Å². The van der Waals surface area contributed by atoms with Gasteiger partial charge in [-0.05, 0) is 43.2 Å². The predicted octanol–water partition coefficient (Wildman–Crippen LogP) is 6.38. The van der Waals surface area contributed by atoms with E-state index >= 15 is 0 Å². The Balaban J connectivity index is 2.30. The summed E-state index contributed by atoms with van der Waals surface area (Å²) in [6.45, 7) is -0.0456. The standard InChI is InChI=1S/C23H20Cl2F3NO4/c1-4-17-14(9-12-5-6-13(24)10-15(12)25)21(33-23(27)28)19-18(32-11(2)22(30)31-3)8-7-16(26)20(19)29-17/h5-8,10-11,23H,4,9H2,1-3H3. The Bertz CT molecular complexity index is 1190. The zero-order valence-corrected chi connectivity index (χ0v) is 19.4. The van der Waals surface area contributed by atoms with Gasteiger partial charge in [-0.3, -0.25) is 0 Å². The highest BCUT2D eigenvalue weighted by Gasteiger charge is 2.26. The third-order valence-corrected chi connectivity index (χ3v) is 5.53. The summed E-state index contributed by atoms with van der Waals surface area (Å²) in [5, 5.41) is 0.612. The molecule has 0 fully saturated rings. The van der Waals surface area contributed by atoms with E-state index in [0.29, 0.717) is 27.7 Å². The maximum absolute atomic E-state index is 14.7. The van der Waals surface area contributed by atoms with Crippen molar-refractivity contribution < 1.29 is 32.2 Å². The van der Waals surface area contributed by atoms with Crippen LogP contribution in [0.5, 0.6) is 11.5 Å². The lowest BCUT2D eigenvalue weighted by Crippen LogP contribution is -2.25. The smallest absolute Gasteiger partial charge is 0.387 e. The van der Waals surface area contributed by atoms with Gasteiger partial charge in [-0.1, -0.05) is 36.2 Å². The van der Waals surface area contributed by atoms with Gasteiger partial charge in [-0.2, -0.15) is 8.78 Å². The zero-order chi connectivity index (χ0) is 24.3. The number of aromatic nitrogens is 1. The molecule has 0 aliphatic heterocycles. The second-order valence-corrected chi connectivity index (χ2v) is 7.91. The van der Waals surface area contributed by atoms with Crippen LogP contribution >= 0.6 is 23.2 Å². The van der Waals surface area contributed by atoms with E-state index in [9.17, 15) is 18.0 Å². The molecule has 176 valence electrons. The van der Waals surface area contributed by atoms with E-state index in [1.54, 1.807) is 19.1 Å². The van der Waals surface area contributed by atoms with Gasteiger partial charge in [0.05, 0.1) is 12.5 Å². The molecule has 1 aromatic heterocycles. The van der Waals surface area contributed by atoms with Gasteiger partial charge < -0.3 is 14.2 Å². The first kappa shape index (κ1) is 24.9. The highest BCUT2D eigenvalue weighted by Crippen LogP contribution is 2.41. The molecule has 1 atom stereocenters. The van der Waals surface area contributed by atoms with E-state index in [0.717, 1.165) is 6.07 Å². The second-order valence-electron chi connectivity index (χ2n) is 7.06. The molecule has 3 aromatic rings. The Morgan fingerprint density at radius 1 is 1.15 bits per heavy atom. The molecule has 1 unspecified atom stereocenters. The van der Waals surface area contributed by atoms with Crippen LogP contribution in [-0.4, -0.2) is 30.8 Å². The topological polar surface area (TPSA) is 57.7 Å². The number of hydrogen-bond donors (Lipinski definition) is 0. The molecule has 2 aromatic carbocycles. The quantitative estimate of drug-likeness (QED) is 0.335. The Morgan fingerprint density at radius 2 is 1.88 bits per heavy atom. The average molecular weight is 502 g/mol. The van der Waals surface area contributed by atoms with Crippen molar-refractivity contribution in [2.24, 2.45) is 0 Å². The number of aryl methyl sites for hydroxylation is 1. The summed E-state index contributed by atoms with van der Waals surface area (Å²) in [6.07, 6.45) is -0.727. The molecule has 0 spiro atoms. The second kappa shape index (κ2) is 10.5. The summed E-state index contributed by atoms with van der Waals surface area (Å²) >= 11 is 12.3. The molecule has 0 amide bonds. The highest BCUT2D eigenvalue weighted by atomic mass is 35.5. The van der Waals surface area contributed by atoms with Crippen LogP contribution in [0.15, 0.2) is 30.3 Å². The Kier molecular flexibility index (Phi) is 7.92. The Hall–Kier alpha value is -2.71. The van der Waals surface area contributed by atoms with Gasteiger partial charge in [-0.25, -0.2) is 14.2 Å². The molecule has 0 saturated heterocycles. The number of pyridine rings is 1. The minimum Gasteiger partial charge on any atom is -0.478 e. The van der Waals surface area contributed by atoms with Gasteiger partial charge in [0.15, 0.2) is 6.10 Å². The summed E-state index contributed by atoms with van der Waals surface area (Å²) in [5.74, 6) is -1.81. The number of nitrogens with zero attached hydrogens (tertiary/aromatic N) is 1. The molecule has 10 heteroatoms. The number of alkyl halides is 2.